The first-order valence-electron chi connectivity index (χ1n) is 10.2. The summed E-state index contributed by atoms with van der Waals surface area (Å²) in [4.78, 5) is 29.7. The number of rotatable bonds is 5. The van der Waals surface area contributed by atoms with Gasteiger partial charge in [0.25, 0.3) is 0 Å². The fraction of sp³-hybridized carbons (Fsp3) is 0.636. The molecule has 0 unspecified atom stereocenters. The van der Waals surface area contributed by atoms with Gasteiger partial charge in [-0.25, -0.2) is 0 Å². The molecule has 0 N–H and O–H groups in total. The van der Waals surface area contributed by atoms with Crippen molar-refractivity contribution in [2.45, 2.75) is 52.0 Å². The van der Waals surface area contributed by atoms with Gasteiger partial charge in [0.1, 0.15) is 0 Å². The molecule has 2 saturated heterocycles. The van der Waals surface area contributed by atoms with E-state index in [1.165, 1.54) is 0 Å². The number of likely N-dealkylation sites (tertiary alicyclic amines) is 2. The molecule has 4 nitrogen and oxygen atoms in total. The van der Waals surface area contributed by atoms with Crippen LogP contribution in [0, 0.1) is 11.8 Å². The molecular formula is C22H32N2O2. The number of carbonyl (C=O) groups excluding carboxylic acids is 2. The highest BCUT2D eigenvalue weighted by Crippen LogP contribution is 2.26. The fourth-order valence-corrected chi connectivity index (χ4v) is 4.28. The molecule has 0 radical (unpaired) electrons. The molecule has 0 bridgehead atoms. The molecule has 0 aromatic heterocycles. The summed E-state index contributed by atoms with van der Waals surface area (Å²) in [7, 11) is 0. The zero-order valence-electron chi connectivity index (χ0n) is 16.2. The number of piperidine rings is 2. The molecule has 0 aliphatic carbocycles. The Morgan fingerprint density at radius 1 is 0.962 bits per heavy atom. The molecule has 26 heavy (non-hydrogen) atoms. The number of hydrogen-bond donors (Lipinski definition) is 0. The van der Waals surface area contributed by atoms with Crippen LogP contribution in [0.5, 0.6) is 0 Å². The molecule has 0 atom stereocenters. The van der Waals surface area contributed by atoms with Gasteiger partial charge in [-0.2, -0.15) is 0 Å². The zero-order valence-corrected chi connectivity index (χ0v) is 16.2. The molecule has 1 aromatic carbocycles. The van der Waals surface area contributed by atoms with Crippen molar-refractivity contribution in [3.05, 3.63) is 35.9 Å². The average molecular weight is 357 g/mol. The first-order valence-corrected chi connectivity index (χ1v) is 10.2. The Balaban J connectivity index is 1.43. The zero-order chi connectivity index (χ0) is 18.5. The summed E-state index contributed by atoms with van der Waals surface area (Å²) in [6.07, 6.45) is 4.54. The number of amides is 1. The van der Waals surface area contributed by atoms with Crippen LogP contribution in [0.4, 0.5) is 0 Å². The van der Waals surface area contributed by atoms with Crippen LogP contribution in [0.15, 0.2) is 30.3 Å². The monoisotopic (exact) mass is 356 g/mol. The second kappa shape index (κ2) is 8.81. The summed E-state index contributed by atoms with van der Waals surface area (Å²) in [6.45, 7) is 8.17. The molecular weight excluding hydrogens is 324 g/mol. The number of hydrogen-bond acceptors (Lipinski definition) is 3. The molecule has 142 valence electrons. The van der Waals surface area contributed by atoms with Crippen LogP contribution in [0.25, 0.3) is 0 Å². The summed E-state index contributed by atoms with van der Waals surface area (Å²) in [5, 5.41) is 0. The lowest BCUT2D eigenvalue weighted by atomic mass is 9.88. The van der Waals surface area contributed by atoms with Gasteiger partial charge < -0.3 is 9.80 Å². The van der Waals surface area contributed by atoms with E-state index >= 15 is 0 Å². The van der Waals surface area contributed by atoms with Gasteiger partial charge in [0, 0.05) is 37.0 Å². The summed E-state index contributed by atoms with van der Waals surface area (Å²) >= 11 is 0. The average Bonchev–Trinajstić information content (AvgIpc) is 2.68. The smallest absolute Gasteiger partial charge is 0.222 e. The van der Waals surface area contributed by atoms with Gasteiger partial charge >= 0.3 is 0 Å². The van der Waals surface area contributed by atoms with E-state index in [-0.39, 0.29) is 11.7 Å². The minimum Gasteiger partial charge on any atom is -0.343 e. The van der Waals surface area contributed by atoms with E-state index in [0.717, 1.165) is 57.4 Å². The lowest BCUT2D eigenvalue weighted by Crippen LogP contribution is -2.43. The first-order chi connectivity index (χ1) is 12.5. The van der Waals surface area contributed by atoms with Gasteiger partial charge in [-0.3, -0.25) is 9.59 Å². The molecule has 1 amide bonds. The molecule has 2 aliphatic rings. The van der Waals surface area contributed by atoms with Crippen molar-refractivity contribution < 1.29 is 9.59 Å². The predicted molar refractivity (Wildman–Crippen MR) is 104 cm³/mol. The number of carbonyl (C=O) groups is 2. The van der Waals surface area contributed by atoms with Gasteiger partial charge in [0.05, 0.1) is 0 Å². The van der Waals surface area contributed by atoms with Crippen LogP contribution >= 0.6 is 0 Å². The topological polar surface area (TPSA) is 40.6 Å². The van der Waals surface area contributed by atoms with Gasteiger partial charge in [0.2, 0.25) is 5.91 Å². The Labute approximate surface area is 157 Å². The number of ketones is 1. The standard InChI is InChI=1S/C22H32N2O2/c1-17(2)23-12-8-18(9-13-23)16-21(25)24-14-10-20(11-15-24)22(26)19-6-4-3-5-7-19/h3-7,17-18,20H,8-16H2,1-2H3. The van der Waals surface area contributed by atoms with Crippen molar-refractivity contribution in [2.75, 3.05) is 26.2 Å². The number of nitrogens with zero attached hydrogens (tertiary/aromatic N) is 2. The van der Waals surface area contributed by atoms with E-state index in [1.54, 1.807) is 0 Å². The van der Waals surface area contributed by atoms with Crippen molar-refractivity contribution in [3.8, 4) is 0 Å². The first kappa shape index (κ1) is 19.1. The highest BCUT2D eigenvalue weighted by atomic mass is 16.2. The van der Waals surface area contributed by atoms with Crippen LogP contribution in [-0.2, 0) is 4.79 Å². The minimum absolute atomic E-state index is 0.0655. The Morgan fingerprint density at radius 3 is 2.15 bits per heavy atom. The SMILES string of the molecule is CC(C)N1CCC(CC(=O)N2CCC(C(=O)c3ccccc3)CC2)CC1. The third-order valence-electron chi connectivity index (χ3n) is 6.12. The normalized spacial score (nSPS) is 20.5. The second-order valence-electron chi connectivity index (χ2n) is 8.16. The van der Waals surface area contributed by atoms with Crippen LogP contribution in [0.3, 0.4) is 0 Å². The van der Waals surface area contributed by atoms with Crippen molar-refractivity contribution >= 4 is 11.7 Å². The maximum atomic E-state index is 12.7. The van der Waals surface area contributed by atoms with E-state index in [0.29, 0.717) is 24.3 Å². The summed E-state index contributed by atoms with van der Waals surface area (Å²) in [5.74, 6) is 1.12. The molecule has 3 rings (SSSR count). The lowest BCUT2D eigenvalue weighted by Gasteiger charge is -2.36. The molecule has 0 saturated carbocycles. The van der Waals surface area contributed by atoms with Crippen LogP contribution in [0.1, 0.15) is 56.3 Å². The van der Waals surface area contributed by atoms with Crippen molar-refractivity contribution in [1.29, 1.82) is 0 Å². The van der Waals surface area contributed by atoms with E-state index in [2.05, 4.69) is 18.7 Å². The Bertz CT molecular complexity index is 598. The van der Waals surface area contributed by atoms with Crippen molar-refractivity contribution in [2.24, 2.45) is 11.8 Å². The van der Waals surface area contributed by atoms with Gasteiger partial charge in [0.15, 0.2) is 5.78 Å². The molecule has 0 spiro atoms. The molecule has 2 fully saturated rings. The van der Waals surface area contributed by atoms with Gasteiger partial charge in [-0.1, -0.05) is 30.3 Å². The van der Waals surface area contributed by atoms with E-state index in [1.807, 2.05) is 35.2 Å². The lowest BCUT2D eigenvalue weighted by molar-refractivity contribution is -0.133. The Morgan fingerprint density at radius 2 is 1.58 bits per heavy atom. The van der Waals surface area contributed by atoms with Crippen LogP contribution in [0.2, 0.25) is 0 Å². The number of Topliss-reactive ketones (excluding diaryl/α,β-unsaturated/α-hetero) is 1. The highest BCUT2D eigenvalue weighted by molar-refractivity contribution is 5.98. The van der Waals surface area contributed by atoms with E-state index < -0.39 is 0 Å². The van der Waals surface area contributed by atoms with Crippen molar-refractivity contribution in [1.82, 2.24) is 9.80 Å². The Hall–Kier alpha value is -1.68. The minimum atomic E-state index is 0.0655. The molecule has 2 aliphatic heterocycles. The molecule has 1 aromatic rings. The largest absolute Gasteiger partial charge is 0.343 e. The summed E-state index contributed by atoms with van der Waals surface area (Å²) in [6, 6.07) is 10.1. The summed E-state index contributed by atoms with van der Waals surface area (Å²) in [5.41, 5.74) is 0.800. The Kier molecular flexibility index (Phi) is 6.47. The third kappa shape index (κ3) is 4.73. The highest BCUT2D eigenvalue weighted by Gasteiger charge is 2.30. The van der Waals surface area contributed by atoms with Crippen LogP contribution < -0.4 is 0 Å². The molecule has 2 heterocycles. The van der Waals surface area contributed by atoms with Crippen molar-refractivity contribution in [3.63, 3.8) is 0 Å². The van der Waals surface area contributed by atoms with E-state index in [9.17, 15) is 9.59 Å². The van der Waals surface area contributed by atoms with Crippen LogP contribution in [-0.4, -0.2) is 53.7 Å². The number of benzene rings is 1. The third-order valence-corrected chi connectivity index (χ3v) is 6.12. The van der Waals surface area contributed by atoms with Gasteiger partial charge in [-0.15, -0.1) is 0 Å². The second-order valence-corrected chi connectivity index (χ2v) is 8.16. The van der Waals surface area contributed by atoms with Gasteiger partial charge in [-0.05, 0) is 58.5 Å². The fourth-order valence-electron chi connectivity index (χ4n) is 4.28. The summed E-state index contributed by atoms with van der Waals surface area (Å²) < 4.78 is 0. The molecule has 4 heteroatoms. The quantitative estimate of drug-likeness (QED) is 0.757. The van der Waals surface area contributed by atoms with E-state index in [4.69, 9.17) is 0 Å². The maximum absolute atomic E-state index is 12.7. The predicted octanol–water partition coefficient (Wildman–Crippen LogP) is 3.62. The maximum Gasteiger partial charge on any atom is 0.222 e.